The maximum atomic E-state index is 12.4. The van der Waals surface area contributed by atoms with Crippen molar-refractivity contribution in [3.63, 3.8) is 0 Å². The van der Waals surface area contributed by atoms with Gasteiger partial charge in [-0.3, -0.25) is 9.47 Å². The number of oxazole rings is 1. The predicted molar refractivity (Wildman–Crippen MR) is 149 cm³/mol. The van der Waals surface area contributed by atoms with Gasteiger partial charge in [0, 0.05) is 37.7 Å². The van der Waals surface area contributed by atoms with E-state index >= 15 is 0 Å². The molecular formula is C31H37N3O2. The van der Waals surface area contributed by atoms with Crippen molar-refractivity contribution in [3.8, 4) is 11.1 Å². The Kier molecular flexibility index (Phi) is 5.76. The summed E-state index contributed by atoms with van der Waals surface area (Å²) in [6.45, 7) is 14.2. The molecule has 0 spiro atoms. The summed E-state index contributed by atoms with van der Waals surface area (Å²) in [5.41, 5.74) is 7.67. The molecule has 5 rings (SSSR count). The van der Waals surface area contributed by atoms with E-state index in [0.29, 0.717) is 12.1 Å². The molecule has 0 bridgehead atoms. The molecule has 3 aromatic carbocycles. The number of benzene rings is 3. The first-order valence-electron chi connectivity index (χ1n) is 13.2. The van der Waals surface area contributed by atoms with E-state index in [1.54, 1.807) is 11.6 Å². The Morgan fingerprint density at radius 1 is 1.03 bits per heavy atom. The lowest BCUT2D eigenvalue weighted by Gasteiger charge is -2.54. The molecule has 2 atom stereocenters. The molecule has 1 aromatic heterocycles. The second kappa shape index (κ2) is 8.97. The molecule has 0 saturated carbocycles. The average Bonchev–Trinajstić information content (AvgIpc) is 3.16. The highest BCUT2D eigenvalue weighted by atomic mass is 16.4. The Morgan fingerprint density at radius 2 is 1.78 bits per heavy atom. The van der Waals surface area contributed by atoms with Crippen LogP contribution in [0.1, 0.15) is 51.8 Å². The zero-order valence-corrected chi connectivity index (χ0v) is 22.4. The Morgan fingerprint density at radius 3 is 2.53 bits per heavy atom. The molecule has 0 N–H and O–H groups in total. The van der Waals surface area contributed by atoms with Crippen LogP contribution in [-0.2, 0) is 7.05 Å². The van der Waals surface area contributed by atoms with Crippen LogP contribution in [-0.4, -0.2) is 34.1 Å². The van der Waals surface area contributed by atoms with Crippen LogP contribution in [0.15, 0.2) is 69.9 Å². The standard InChI is InChI=1S/C31H37N3O2/c1-20-11-8-9-14-26(20)25-13-10-12-24(19-25)22(3)33-17-18-34(31(5,6)23(33)4)27-16-15-21(2)28-29(27)36-30(35)32(28)7/h8-16,19,22-23H,17-18H2,1-7H3/i22D. The summed E-state index contributed by atoms with van der Waals surface area (Å²) < 4.78 is 16.9. The van der Waals surface area contributed by atoms with Crippen LogP contribution in [0.3, 0.4) is 0 Å². The van der Waals surface area contributed by atoms with Gasteiger partial charge < -0.3 is 9.32 Å². The SMILES string of the molecule is [2H]C(C)(c1cccc(-c2ccccc2C)c1)N1CCN(c2ccc(C)c3c2oc(=O)n3C)C(C)(C)C1C. The summed E-state index contributed by atoms with van der Waals surface area (Å²) >= 11 is 0. The van der Waals surface area contributed by atoms with Crippen molar-refractivity contribution in [2.75, 3.05) is 18.0 Å². The largest absolute Gasteiger partial charge is 0.419 e. The first kappa shape index (κ1) is 23.1. The third-order valence-electron chi connectivity index (χ3n) is 8.32. The van der Waals surface area contributed by atoms with Crippen molar-refractivity contribution >= 4 is 16.8 Å². The Labute approximate surface area is 215 Å². The molecule has 0 aliphatic carbocycles. The van der Waals surface area contributed by atoms with Gasteiger partial charge in [-0.1, -0.05) is 48.5 Å². The zero-order valence-electron chi connectivity index (χ0n) is 23.4. The molecule has 0 radical (unpaired) electrons. The van der Waals surface area contributed by atoms with Crippen LogP contribution in [0.2, 0.25) is 0 Å². The van der Waals surface area contributed by atoms with Crippen LogP contribution < -0.4 is 10.7 Å². The first-order valence-corrected chi connectivity index (χ1v) is 12.7. The van der Waals surface area contributed by atoms with Gasteiger partial charge in [-0.05, 0) is 81.5 Å². The number of hydrogen-bond acceptors (Lipinski definition) is 4. The van der Waals surface area contributed by atoms with E-state index in [2.05, 4.69) is 98.2 Å². The lowest BCUT2D eigenvalue weighted by molar-refractivity contribution is 0.0747. The van der Waals surface area contributed by atoms with Gasteiger partial charge in [0.25, 0.3) is 0 Å². The zero-order chi connectivity index (χ0) is 26.7. The summed E-state index contributed by atoms with van der Waals surface area (Å²) in [6, 6.07) is 20.1. The van der Waals surface area contributed by atoms with Crippen molar-refractivity contribution < 1.29 is 5.79 Å². The van der Waals surface area contributed by atoms with E-state index in [4.69, 9.17) is 4.42 Å². The average molecular weight is 485 g/mol. The minimum Gasteiger partial charge on any atom is -0.405 e. The van der Waals surface area contributed by atoms with Gasteiger partial charge in [0.2, 0.25) is 0 Å². The highest BCUT2D eigenvalue weighted by Gasteiger charge is 2.43. The molecule has 1 aliphatic rings. The van der Waals surface area contributed by atoms with Crippen molar-refractivity contribution in [3.05, 3.63) is 87.9 Å². The molecule has 5 heteroatoms. The molecule has 1 saturated heterocycles. The number of piperazine rings is 1. The van der Waals surface area contributed by atoms with Crippen LogP contribution in [0.4, 0.5) is 5.69 Å². The molecule has 2 unspecified atom stereocenters. The first-order chi connectivity index (χ1) is 17.4. The van der Waals surface area contributed by atoms with Gasteiger partial charge in [-0.25, -0.2) is 4.79 Å². The molecule has 1 aliphatic heterocycles. The van der Waals surface area contributed by atoms with Crippen molar-refractivity contribution in [1.82, 2.24) is 9.47 Å². The number of rotatable bonds is 4. The fourth-order valence-electron chi connectivity index (χ4n) is 5.80. The van der Waals surface area contributed by atoms with Crippen LogP contribution >= 0.6 is 0 Å². The minimum atomic E-state index is -0.913. The van der Waals surface area contributed by atoms with Gasteiger partial charge in [0.05, 0.1) is 12.6 Å². The maximum Gasteiger partial charge on any atom is 0.419 e. The van der Waals surface area contributed by atoms with Gasteiger partial charge in [-0.15, -0.1) is 0 Å². The van der Waals surface area contributed by atoms with Crippen molar-refractivity contribution in [1.29, 1.82) is 0 Å². The Bertz CT molecular complexity index is 1530. The fourth-order valence-corrected chi connectivity index (χ4v) is 5.80. The molecule has 36 heavy (non-hydrogen) atoms. The molecule has 0 amide bonds. The topological polar surface area (TPSA) is 41.6 Å². The van der Waals surface area contributed by atoms with Crippen LogP contribution in [0, 0.1) is 13.8 Å². The maximum absolute atomic E-state index is 12.4. The highest BCUT2D eigenvalue weighted by Crippen LogP contribution is 2.40. The molecule has 1 fully saturated rings. The molecule has 2 heterocycles. The molecule has 188 valence electrons. The van der Waals surface area contributed by atoms with Gasteiger partial charge in [-0.2, -0.15) is 0 Å². The lowest BCUT2D eigenvalue weighted by Crippen LogP contribution is -2.65. The highest BCUT2D eigenvalue weighted by molar-refractivity contribution is 5.90. The van der Waals surface area contributed by atoms with E-state index < -0.39 is 6.02 Å². The second-order valence-corrected chi connectivity index (χ2v) is 10.7. The summed E-state index contributed by atoms with van der Waals surface area (Å²) in [6.07, 6.45) is 0. The quantitative estimate of drug-likeness (QED) is 0.333. The third-order valence-corrected chi connectivity index (χ3v) is 8.32. The van der Waals surface area contributed by atoms with Gasteiger partial charge >= 0.3 is 5.76 Å². The third kappa shape index (κ3) is 3.86. The van der Waals surface area contributed by atoms with Gasteiger partial charge in [0.15, 0.2) is 5.58 Å². The van der Waals surface area contributed by atoms with E-state index in [0.717, 1.165) is 34.4 Å². The number of nitrogens with zero attached hydrogens (tertiary/aromatic N) is 3. The number of anilines is 1. The minimum absolute atomic E-state index is 0.0534. The lowest BCUT2D eigenvalue weighted by atomic mass is 9.86. The summed E-state index contributed by atoms with van der Waals surface area (Å²) in [5.74, 6) is -0.345. The van der Waals surface area contributed by atoms with Gasteiger partial charge in [0.1, 0.15) is 0 Å². The van der Waals surface area contributed by atoms with E-state index in [1.165, 1.54) is 11.1 Å². The predicted octanol–water partition coefficient (Wildman–Crippen LogP) is 6.47. The van der Waals surface area contributed by atoms with E-state index in [-0.39, 0.29) is 17.3 Å². The van der Waals surface area contributed by atoms with Crippen LogP contribution in [0.25, 0.3) is 22.2 Å². The Hall–Kier alpha value is -3.31. The number of fused-ring (bicyclic) bond motifs is 1. The van der Waals surface area contributed by atoms with E-state index in [1.807, 2.05) is 13.8 Å². The summed E-state index contributed by atoms with van der Waals surface area (Å²) in [5, 5.41) is 0. The molecule has 4 aromatic rings. The fraction of sp³-hybridized carbons (Fsp3) is 0.387. The number of aromatic nitrogens is 1. The van der Waals surface area contributed by atoms with Crippen molar-refractivity contribution in [2.24, 2.45) is 7.05 Å². The monoisotopic (exact) mass is 484 g/mol. The number of hydrogen-bond donors (Lipinski definition) is 0. The number of aryl methyl sites for hydroxylation is 3. The molecule has 5 nitrogen and oxygen atoms in total. The summed E-state index contributed by atoms with van der Waals surface area (Å²) in [7, 11) is 1.76. The second-order valence-electron chi connectivity index (χ2n) is 10.7. The Balaban J connectivity index is 1.50. The molecular weight excluding hydrogens is 446 g/mol. The van der Waals surface area contributed by atoms with Crippen LogP contribution in [0.5, 0.6) is 0 Å². The van der Waals surface area contributed by atoms with Crippen molar-refractivity contribution in [2.45, 2.75) is 59.1 Å². The normalized spacial score (nSPS) is 20.4. The smallest absolute Gasteiger partial charge is 0.405 e. The van der Waals surface area contributed by atoms with E-state index in [9.17, 15) is 6.17 Å². The summed E-state index contributed by atoms with van der Waals surface area (Å²) in [4.78, 5) is 17.0.